The molecule has 0 unspecified atom stereocenters. The van der Waals surface area contributed by atoms with Crippen LogP contribution in [0.5, 0.6) is 0 Å². The zero-order valence-corrected chi connectivity index (χ0v) is 14.7. The molecule has 0 spiro atoms. The Morgan fingerprint density at radius 2 is 2.25 bits per heavy atom. The first-order chi connectivity index (χ1) is 11.8. The normalized spacial score (nSPS) is 14.8. The number of methoxy groups -OCH3 is 1. The molecule has 0 aromatic carbocycles. The average molecular weight is 340 g/mol. The van der Waals surface area contributed by atoms with Crippen LogP contribution in [-0.4, -0.2) is 34.7 Å². The van der Waals surface area contributed by atoms with Gasteiger partial charge in [0.05, 0.1) is 12.0 Å². The highest BCUT2D eigenvalue weighted by Gasteiger charge is 2.23. The van der Waals surface area contributed by atoms with E-state index in [1.807, 2.05) is 29.7 Å². The van der Waals surface area contributed by atoms with Crippen molar-refractivity contribution in [2.75, 3.05) is 19.0 Å². The molecule has 1 aliphatic rings. The molecular weight excluding hydrogens is 320 g/mol. The third-order valence-electron chi connectivity index (χ3n) is 4.28. The fourth-order valence-corrected chi connectivity index (χ4v) is 4.51. The molecule has 0 amide bonds. The third kappa shape index (κ3) is 2.76. The number of aromatic nitrogens is 3. The van der Waals surface area contributed by atoms with E-state index in [1.54, 1.807) is 13.3 Å². The molecule has 3 aromatic rings. The molecule has 1 N–H and O–H groups in total. The molecule has 3 aromatic heterocycles. The summed E-state index contributed by atoms with van der Waals surface area (Å²) in [6.07, 6.45) is 7.09. The van der Waals surface area contributed by atoms with Gasteiger partial charge in [-0.05, 0) is 43.9 Å². The quantitative estimate of drug-likeness (QED) is 0.767. The minimum absolute atomic E-state index is 0.187. The van der Waals surface area contributed by atoms with Gasteiger partial charge < -0.3 is 10.1 Å². The van der Waals surface area contributed by atoms with Gasteiger partial charge in [0.1, 0.15) is 10.6 Å². The molecule has 6 heteroatoms. The maximum absolute atomic E-state index is 5.26. The summed E-state index contributed by atoms with van der Waals surface area (Å²) in [6, 6.07) is 4.10. The molecule has 3 heterocycles. The first kappa shape index (κ1) is 15.5. The largest absolute Gasteiger partial charge is 0.383 e. The molecule has 0 radical (unpaired) electrons. The summed E-state index contributed by atoms with van der Waals surface area (Å²) < 4.78 is 5.26. The van der Waals surface area contributed by atoms with E-state index >= 15 is 0 Å². The van der Waals surface area contributed by atoms with E-state index in [2.05, 4.69) is 17.2 Å². The molecule has 5 nitrogen and oxygen atoms in total. The Kier molecular flexibility index (Phi) is 4.16. The Bertz CT molecular complexity index is 862. The number of nitrogens with zero attached hydrogens (tertiary/aromatic N) is 3. The van der Waals surface area contributed by atoms with Crippen molar-refractivity contribution in [3.63, 3.8) is 0 Å². The molecule has 0 aliphatic heterocycles. The maximum atomic E-state index is 5.26. The third-order valence-corrected chi connectivity index (χ3v) is 5.47. The van der Waals surface area contributed by atoms with Gasteiger partial charge in [-0.2, -0.15) is 0 Å². The van der Waals surface area contributed by atoms with Crippen molar-refractivity contribution in [1.82, 2.24) is 15.0 Å². The van der Waals surface area contributed by atoms with Crippen LogP contribution >= 0.6 is 11.3 Å². The zero-order valence-electron chi connectivity index (χ0n) is 13.9. The summed E-state index contributed by atoms with van der Waals surface area (Å²) in [5, 5.41) is 4.72. The first-order valence-corrected chi connectivity index (χ1v) is 9.06. The van der Waals surface area contributed by atoms with Crippen molar-refractivity contribution in [3.05, 3.63) is 35.0 Å². The number of hydrogen-bond acceptors (Lipinski definition) is 6. The number of ether oxygens (including phenoxy) is 1. The lowest BCUT2D eigenvalue weighted by atomic mass is 10.1. The molecular formula is C18H20N4OS. The second-order valence-electron chi connectivity index (χ2n) is 6.18. The van der Waals surface area contributed by atoms with Gasteiger partial charge in [-0.1, -0.05) is 0 Å². The van der Waals surface area contributed by atoms with Crippen LogP contribution in [0.2, 0.25) is 0 Å². The maximum Gasteiger partial charge on any atom is 0.164 e. The predicted octanol–water partition coefficient (Wildman–Crippen LogP) is 3.69. The van der Waals surface area contributed by atoms with Crippen LogP contribution in [0.1, 0.15) is 23.8 Å². The fraction of sp³-hybridized carbons (Fsp3) is 0.389. The van der Waals surface area contributed by atoms with Crippen LogP contribution in [0.3, 0.4) is 0 Å². The van der Waals surface area contributed by atoms with Gasteiger partial charge in [-0.15, -0.1) is 11.3 Å². The van der Waals surface area contributed by atoms with E-state index in [0.29, 0.717) is 6.61 Å². The Morgan fingerprint density at radius 3 is 3.04 bits per heavy atom. The van der Waals surface area contributed by atoms with Crippen molar-refractivity contribution in [3.8, 4) is 11.4 Å². The number of aryl methyl sites for hydroxylation is 2. The van der Waals surface area contributed by atoms with Gasteiger partial charge in [0.2, 0.25) is 0 Å². The Balaban J connectivity index is 1.85. The van der Waals surface area contributed by atoms with Gasteiger partial charge in [0.25, 0.3) is 0 Å². The van der Waals surface area contributed by atoms with E-state index in [1.165, 1.54) is 22.2 Å². The SMILES string of the molecule is COC[C@H](C)Nc1nc(-c2cccnc2)nc2sc3c(c12)CCC3. The summed E-state index contributed by atoms with van der Waals surface area (Å²) in [6.45, 7) is 2.74. The highest BCUT2D eigenvalue weighted by molar-refractivity contribution is 7.19. The summed E-state index contributed by atoms with van der Waals surface area (Å²) in [5.41, 5.74) is 2.37. The lowest BCUT2D eigenvalue weighted by Crippen LogP contribution is -2.22. The predicted molar refractivity (Wildman–Crippen MR) is 97.6 cm³/mol. The van der Waals surface area contributed by atoms with Gasteiger partial charge >= 0.3 is 0 Å². The van der Waals surface area contributed by atoms with Gasteiger partial charge in [-0.25, -0.2) is 9.97 Å². The van der Waals surface area contributed by atoms with Crippen molar-refractivity contribution in [1.29, 1.82) is 0 Å². The van der Waals surface area contributed by atoms with Gasteiger partial charge in [0, 0.05) is 36.0 Å². The second kappa shape index (κ2) is 6.45. The first-order valence-electron chi connectivity index (χ1n) is 8.24. The summed E-state index contributed by atoms with van der Waals surface area (Å²) in [4.78, 5) is 16.4. The van der Waals surface area contributed by atoms with E-state index in [4.69, 9.17) is 14.7 Å². The van der Waals surface area contributed by atoms with Crippen LogP contribution in [0.25, 0.3) is 21.6 Å². The molecule has 24 heavy (non-hydrogen) atoms. The van der Waals surface area contributed by atoms with Gasteiger partial charge in [0.15, 0.2) is 5.82 Å². The molecule has 0 bridgehead atoms. The minimum Gasteiger partial charge on any atom is -0.383 e. The number of fused-ring (bicyclic) bond motifs is 3. The standard InChI is InChI=1S/C18H20N4OS/c1-11(10-23-2)20-17-15-13-6-3-7-14(13)24-18(15)22-16(21-17)12-5-4-8-19-9-12/h4-5,8-9,11H,3,6-7,10H2,1-2H3,(H,20,21,22)/t11-/m0/s1. The molecule has 0 saturated heterocycles. The van der Waals surface area contributed by atoms with Crippen LogP contribution in [0, 0.1) is 0 Å². The van der Waals surface area contributed by atoms with Crippen molar-refractivity contribution in [2.45, 2.75) is 32.2 Å². The van der Waals surface area contributed by atoms with Crippen molar-refractivity contribution in [2.24, 2.45) is 0 Å². The number of thiophene rings is 1. The van der Waals surface area contributed by atoms with Crippen molar-refractivity contribution >= 4 is 27.4 Å². The fourth-order valence-electron chi connectivity index (χ4n) is 3.25. The Labute approximate surface area is 145 Å². The molecule has 0 fully saturated rings. The van der Waals surface area contributed by atoms with Crippen LogP contribution < -0.4 is 5.32 Å². The summed E-state index contributed by atoms with van der Waals surface area (Å²) >= 11 is 1.81. The Morgan fingerprint density at radius 1 is 1.33 bits per heavy atom. The lowest BCUT2D eigenvalue weighted by Gasteiger charge is -2.15. The second-order valence-corrected chi connectivity index (χ2v) is 7.26. The van der Waals surface area contributed by atoms with Crippen LogP contribution in [0.15, 0.2) is 24.5 Å². The number of hydrogen-bond donors (Lipinski definition) is 1. The zero-order chi connectivity index (χ0) is 16.5. The molecule has 1 aliphatic carbocycles. The topological polar surface area (TPSA) is 59.9 Å². The average Bonchev–Trinajstić information content (AvgIpc) is 3.16. The lowest BCUT2D eigenvalue weighted by molar-refractivity contribution is 0.190. The van der Waals surface area contributed by atoms with Crippen LogP contribution in [-0.2, 0) is 17.6 Å². The summed E-state index contributed by atoms with van der Waals surface area (Å²) in [5.74, 6) is 1.64. The van der Waals surface area contributed by atoms with E-state index in [-0.39, 0.29) is 6.04 Å². The highest BCUT2D eigenvalue weighted by atomic mass is 32.1. The number of nitrogens with one attached hydrogen (secondary N) is 1. The molecule has 124 valence electrons. The van der Waals surface area contributed by atoms with E-state index in [9.17, 15) is 0 Å². The van der Waals surface area contributed by atoms with Crippen LogP contribution in [0.4, 0.5) is 5.82 Å². The molecule has 0 saturated carbocycles. The number of pyridine rings is 1. The van der Waals surface area contributed by atoms with Crippen molar-refractivity contribution < 1.29 is 4.74 Å². The molecule has 1 atom stereocenters. The number of anilines is 1. The van der Waals surface area contributed by atoms with E-state index < -0.39 is 0 Å². The monoisotopic (exact) mass is 340 g/mol. The highest BCUT2D eigenvalue weighted by Crippen LogP contribution is 2.40. The number of rotatable bonds is 5. The van der Waals surface area contributed by atoms with Gasteiger partial charge in [-0.3, -0.25) is 4.98 Å². The summed E-state index contributed by atoms with van der Waals surface area (Å²) in [7, 11) is 1.72. The molecule has 4 rings (SSSR count). The van der Waals surface area contributed by atoms with E-state index in [0.717, 1.165) is 34.9 Å². The Hall–Kier alpha value is -2.05. The minimum atomic E-state index is 0.187. The smallest absolute Gasteiger partial charge is 0.164 e.